The van der Waals surface area contributed by atoms with Gasteiger partial charge in [-0.15, -0.1) is 11.3 Å². The first kappa shape index (κ1) is 16.4. The van der Waals surface area contributed by atoms with Crippen molar-refractivity contribution in [3.8, 4) is 0 Å². The lowest BCUT2D eigenvalue weighted by Crippen LogP contribution is -2.26. The molecular formula is C12H10BrF3N2OS2. The number of fused-ring (bicyclic) bond motifs is 1. The van der Waals surface area contributed by atoms with Crippen LogP contribution in [-0.2, 0) is 0 Å². The Hall–Kier alpha value is -0.930. The Bertz CT molecular complexity index is 672. The van der Waals surface area contributed by atoms with Crippen LogP contribution in [0.1, 0.15) is 9.67 Å². The molecule has 0 saturated carbocycles. The highest BCUT2D eigenvalue weighted by atomic mass is 79.9. The van der Waals surface area contributed by atoms with Crippen LogP contribution in [0, 0.1) is 0 Å². The van der Waals surface area contributed by atoms with Gasteiger partial charge in [0, 0.05) is 26.9 Å². The van der Waals surface area contributed by atoms with E-state index in [4.69, 9.17) is 5.73 Å². The quantitative estimate of drug-likeness (QED) is 0.757. The molecule has 0 fully saturated rings. The number of hydrogen-bond acceptors (Lipinski definition) is 4. The van der Waals surface area contributed by atoms with Gasteiger partial charge in [-0.1, -0.05) is 22.0 Å². The largest absolute Gasteiger partial charge is 0.441 e. The monoisotopic (exact) mass is 398 g/mol. The van der Waals surface area contributed by atoms with Crippen LogP contribution in [0.25, 0.3) is 10.1 Å². The highest BCUT2D eigenvalue weighted by Gasteiger charge is 2.27. The summed E-state index contributed by atoms with van der Waals surface area (Å²) >= 11 is 4.38. The van der Waals surface area contributed by atoms with Crippen molar-refractivity contribution in [3.05, 3.63) is 27.5 Å². The second-order valence-corrected chi connectivity index (χ2v) is 7.16. The molecule has 2 rings (SSSR count). The highest BCUT2D eigenvalue weighted by Crippen LogP contribution is 2.35. The number of anilines is 1. The van der Waals surface area contributed by atoms with Crippen LogP contribution in [0.2, 0.25) is 0 Å². The maximum absolute atomic E-state index is 12.0. The zero-order valence-electron chi connectivity index (χ0n) is 10.5. The van der Waals surface area contributed by atoms with Crippen molar-refractivity contribution in [1.82, 2.24) is 5.32 Å². The van der Waals surface area contributed by atoms with Crippen LogP contribution >= 0.6 is 39.0 Å². The Morgan fingerprint density at radius 3 is 2.81 bits per heavy atom. The summed E-state index contributed by atoms with van der Waals surface area (Å²) in [6.45, 7) is -0.0691. The molecule has 0 unspecified atom stereocenters. The molecule has 21 heavy (non-hydrogen) atoms. The lowest BCUT2D eigenvalue weighted by atomic mass is 10.2. The summed E-state index contributed by atoms with van der Waals surface area (Å²) in [5.74, 6) is -0.682. The molecule has 1 aromatic carbocycles. The standard InChI is InChI=1S/C12H10BrF3N2OS2/c13-6-1-2-7-8(5-6)21-10(9(7)17)11(19)18-3-4-20-12(14,15)16/h1-2,5H,3-4,17H2,(H,18,19). The van der Waals surface area contributed by atoms with Gasteiger partial charge in [0.2, 0.25) is 0 Å². The fraction of sp³-hybridized carbons (Fsp3) is 0.250. The van der Waals surface area contributed by atoms with Gasteiger partial charge in [0.05, 0.1) is 5.69 Å². The number of benzene rings is 1. The summed E-state index contributed by atoms with van der Waals surface area (Å²) in [6, 6.07) is 5.45. The van der Waals surface area contributed by atoms with Gasteiger partial charge in [0.25, 0.3) is 5.91 Å². The third-order valence-electron chi connectivity index (χ3n) is 2.55. The topological polar surface area (TPSA) is 55.1 Å². The normalized spacial score (nSPS) is 11.8. The van der Waals surface area contributed by atoms with Crippen molar-refractivity contribution in [3.63, 3.8) is 0 Å². The average molecular weight is 399 g/mol. The van der Waals surface area contributed by atoms with E-state index in [1.165, 1.54) is 11.3 Å². The minimum absolute atomic E-state index is 0.0691. The fourth-order valence-electron chi connectivity index (χ4n) is 1.67. The maximum atomic E-state index is 12.0. The summed E-state index contributed by atoms with van der Waals surface area (Å²) < 4.78 is 37.6. The molecular weight excluding hydrogens is 389 g/mol. The summed E-state index contributed by atoms with van der Waals surface area (Å²) in [4.78, 5) is 12.3. The molecule has 0 aliphatic carbocycles. The summed E-state index contributed by atoms with van der Waals surface area (Å²) in [5, 5.41) is 3.21. The van der Waals surface area contributed by atoms with E-state index in [9.17, 15) is 18.0 Å². The smallest absolute Gasteiger partial charge is 0.397 e. The molecule has 9 heteroatoms. The molecule has 114 valence electrons. The number of thioether (sulfide) groups is 1. The number of nitrogen functional groups attached to an aromatic ring is 1. The third kappa shape index (κ3) is 4.27. The molecule has 1 amide bonds. The number of rotatable bonds is 4. The molecule has 0 aliphatic rings. The Labute approximate surface area is 135 Å². The molecule has 0 bridgehead atoms. The summed E-state index contributed by atoms with van der Waals surface area (Å²) in [6.07, 6.45) is 0. The zero-order valence-corrected chi connectivity index (χ0v) is 13.7. The van der Waals surface area contributed by atoms with Gasteiger partial charge in [0.1, 0.15) is 4.88 Å². The number of carbonyl (C=O) groups excluding carboxylic acids is 1. The van der Waals surface area contributed by atoms with Crippen molar-refractivity contribution in [2.75, 3.05) is 18.0 Å². The minimum Gasteiger partial charge on any atom is -0.397 e. The van der Waals surface area contributed by atoms with Crippen LogP contribution < -0.4 is 11.1 Å². The number of thiophene rings is 1. The number of amides is 1. The van der Waals surface area contributed by atoms with E-state index in [2.05, 4.69) is 21.2 Å². The Morgan fingerprint density at radius 2 is 2.14 bits per heavy atom. The van der Waals surface area contributed by atoms with E-state index >= 15 is 0 Å². The van der Waals surface area contributed by atoms with E-state index in [0.29, 0.717) is 10.6 Å². The van der Waals surface area contributed by atoms with E-state index in [1.807, 2.05) is 12.1 Å². The van der Waals surface area contributed by atoms with E-state index in [-0.39, 0.29) is 24.1 Å². The maximum Gasteiger partial charge on any atom is 0.441 e. The number of alkyl halides is 3. The van der Waals surface area contributed by atoms with Gasteiger partial charge in [-0.2, -0.15) is 13.2 Å². The number of nitrogens with two attached hydrogens (primary N) is 1. The Kier molecular flexibility index (Phi) is 5.05. The van der Waals surface area contributed by atoms with Gasteiger partial charge in [-0.3, -0.25) is 4.79 Å². The molecule has 1 aromatic heterocycles. The zero-order chi connectivity index (χ0) is 15.6. The predicted octanol–water partition coefficient (Wildman–Crippen LogP) is 4.23. The van der Waals surface area contributed by atoms with Crippen LogP contribution in [0.15, 0.2) is 22.7 Å². The Balaban J connectivity index is 2.04. The Morgan fingerprint density at radius 1 is 1.43 bits per heavy atom. The molecule has 3 N–H and O–H groups in total. The van der Waals surface area contributed by atoms with Crippen LogP contribution in [0.5, 0.6) is 0 Å². The van der Waals surface area contributed by atoms with Gasteiger partial charge >= 0.3 is 5.51 Å². The lowest BCUT2D eigenvalue weighted by Gasteiger charge is -2.06. The van der Waals surface area contributed by atoms with Crippen LogP contribution in [0.4, 0.5) is 18.9 Å². The number of carbonyl (C=O) groups is 1. The second kappa shape index (κ2) is 6.45. The molecule has 0 atom stereocenters. The van der Waals surface area contributed by atoms with E-state index in [0.717, 1.165) is 14.6 Å². The van der Waals surface area contributed by atoms with Crippen molar-refractivity contribution in [1.29, 1.82) is 0 Å². The molecule has 0 saturated heterocycles. The number of hydrogen-bond donors (Lipinski definition) is 2. The molecule has 1 heterocycles. The summed E-state index contributed by atoms with van der Waals surface area (Å²) in [5.41, 5.74) is 1.98. The minimum atomic E-state index is -4.28. The first-order valence-corrected chi connectivity index (χ1v) is 8.34. The van der Waals surface area contributed by atoms with E-state index in [1.54, 1.807) is 6.07 Å². The van der Waals surface area contributed by atoms with Crippen LogP contribution in [0.3, 0.4) is 0 Å². The highest BCUT2D eigenvalue weighted by molar-refractivity contribution is 9.10. The average Bonchev–Trinajstić information content (AvgIpc) is 2.70. The van der Waals surface area contributed by atoms with Crippen molar-refractivity contribution in [2.45, 2.75) is 5.51 Å². The first-order chi connectivity index (χ1) is 9.78. The first-order valence-electron chi connectivity index (χ1n) is 5.74. The van der Waals surface area contributed by atoms with Gasteiger partial charge in [-0.25, -0.2) is 0 Å². The SMILES string of the molecule is Nc1c(C(=O)NCCSC(F)(F)F)sc2cc(Br)ccc12. The number of nitrogens with one attached hydrogen (secondary N) is 1. The number of halogens is 4. The summed E-state index contributed by atoms with van der Waals surface area (Å²) in [7, 11) is 0. The van der Waals surface area contributed by atoms with Crippen molar-refractivity contribution in [2.24, 2.45) is 0 Å². The van der Waals surface area contributed by atoms with Crippen molar-refractivity contribution >= 4 is 60.7 Å². The molecule has 0 radical (unpaired) electrons. The van der Waals surface area contributed by atoms with Crippen LogP contribution in [-0.4, -0.2) is 23.7 Å². The van der Waals surface area contributed by atoms with Crippen molar-refractivity contribution < 1.29 is 18.0 Å². The molecule has 3 nitrogen and oxygen atoms in total. The molecule has 2 aromatic rings. The lowest BCUT2D eigenvalue weighted by molar-refractivity contribution is -0.0327. The second-order valence-electron chi connectivity index (χ2n) is 4.04. The van der Waals surface area contributed by atoms with Gasteiger partial charge in [-0.05, 0) is 23.9 Å². The van der Waals surface area contributed by atoms with Gasteiger partial charge in [0.15, 0.2) is 0 Å². The predicted molar refractivity (Wildman–Crippen MR) is 84.8 cm³/mol. The fourth-order valence-corrected chi connectivity index (χ4v) is 3.70. The van der Waals surface area contributed by atoms with Gasteiger partial charge < -0.3 is 11.1 Å². The molecule has 0 spiro atoms. The van der Waals surface area contributed by atoms with E-state index < -0.39 is 11.4 Å². The third-order valence-corrected chi connectivity index (χ3v) is 4.95. The molecule has 0 aliphatic heterocycles.